The Balaban J connectivity index is 2.22. The zero-order valence-electron chi connectivity index (χ0n) is 8.37. The number of hydrogen-bond donors (Lipinski definition) is 1. The quantitative estimate of drug-likeness (QED) is 0.570. The van der Waals surface area contributed by atoms with E-state index in [1.807, 2.05) is 0 Å². The third-order valence-corrected chi connectivity index (χ3v) is 2.68. The number of aromatic nitrogens is 2. The van der Waals surface area contributed by atoms with Gasteiger partial charge in [0.05, 0.1) is 12.1 Å². The average Bonchev–Trinajstić information content (AvgIpc) is 2.68. The highest BCUT2D eigenvalue weighted by atomic mass is 16.3. The molecule has 1 heterocycles. The van der Waals surface area contributed by atoms with Gasteiger partial charge >= 0.3 is 0 Å². The van der Waals surface area contributed by atoms with Crippen molar-refractivity contribution < 1.29 is 5.11 Å². The molecule has 1 N–H and O–H groups in total. The Hall–Kier alpha value is -1.60. The SMILES string of the molecule is C#CN(c1ncccn1)C1CCCC1O. The summed E-state index contributed by atoms with van der Waals surface area (Å²) in [5.41, 5.74) is 0. The van der Waals surface area contributed by atoms with Crippen molar-refractivity contribution >= 4 is 5.95 Å². The van der Waals surface area contributed by atoms with E-state index in [9.17, 15) is 5.11 Å². The summed E-state index contributed by atoms with van der Waals surface area (Å²) in [6.07, 6.45) is 11.0. The number of aliphatic hydroxyl groups is 1. The number of anilines is 1. The summed E-state index contributed by atoms with van der Waals surface area (Å²) in [5.74, 6) is 0.492. The molecule has 1 aromatic heterocycles. The van der Waals surface area contributed by atoms with Crippen molar-refractivity contribution in [1.82, 2.24) is 9.97 Å². The van der Waals surface area contributed by atoms with Crippen molar-refractivity contribution in [2.24, 2.45) is 0 Å². The van der Waals surface area contributed by atoms with Gasteiger partial charge in [-0.15, -0.1) is 0 Å². The summed E-state index contributed by atoms with van der Waals surface area (Å²) >= 11 is 0. The predicted molar refractivity (Wildman–Crippen MR) is 57.0 cm³/mol. The van der Waals surface area contributed by atoms with Gasteiger partial charge in [0.2, 0.25) is 5.95 Å². The molecule has 15 heavy (non-hydrogen) atoms. The maximum atomic E-state index is 9.76. The fourth-order valence-corrected chi connectivity index (χ4v) is 1.94. The molecule has 1 aliphatic carbocycles. The zero-order chi connectivity index (χ0) is 10.7. The van der Waals surface area contributed by atoms with Gasteiger partial charge in [0.15, 0.2) is 0 Å². The van der Waals surface area contributed by atoms with Gasteiger partial charge in [0, 0.05) is 18.4 Å². The summed E-state index contributed by atoms with van der Waals surface area (Å²) in [6, 6.07) is 4.23. The number of hydrogen-bond acceptors (Lipinski definition) is 4. The zero-order valence-corrected chi connectivity index (χ0v) is 8.37. The maximum absolute atomic E-state index is 9.76. The van der Waals surface area contributed by atoms with E-state index in [1.54, 1.807) is 23.4 Å². The maximum Gasteiger partial charge on any atom is 0.237 e. The molecule has 0 aliphatic heterocycles. The summed E-state index contributed by atoms with van der Waals surface area (Å²) in [5, 5.41) is 9.76. The second-order valence-corrected chi connectivity index (χ2v) is 3.61. The van der Waals surface area contributed by atoms with Gasteiger partial charge in [-0.05, 0) is 25.3 Å². The van der Waals surface area contributed by atoms with Crippen LogP contribution in [0.2, 0.25) is 0 Å². The van der Waals surface area contributed by atoms with E-state index < -0.39 is 0 Å². The molecule has 1 saturated carbocycles. The van der Waals surface area contributed by atoms with Gasteiger partial charge < -0.3 is 5.11 Å². The van der Waals surface area contributed by atoms with Crippen LogP contribution in [0.3, 0.4) is 0 Å². The van der Waals surface area contributed by atoms with E-state index in [-0.39, 0.29) is 12.1 Å². The Kier molecular flexibility index (Phi) is 2.84. The Morgan fingerprint density at radius 3 is 2.67 bits per heavy atom. The van der Waals surface area contributed by atoms with Crippen LogP contribution in [0.5, 0.6) is 0 Å². The summed E-state index contributed by atoms with van der Waals surface area (Å²) in [7, 11) is 0. The number of terminal acetylenes is 1. The van der Waals surface area contributed by atoms with Gasteiger partial charge in [-0.2, -0.15) is 0 Å². The van der Waals surface area contributed by atoms with Crippen molar-refractivity contribution in [2.75, 3.05) is 4.90 Å². The average molecular weight is 203 g/mol. The largest absolute Gasteiger partial charge is 0.391 e. The molecule has 2 atom stereocenters. The van der Waals surface area contributed by atoms with Gasteiger partial charge in [-0.3, -0.25) is 4.90 Å². The molecule has 1 fully saturated rings. The second kappa shape index (κ2) is 4.28. The number of rotatable bonds is 2. The summed E-state index contributed by atoms with van der Waals surface area (Å²) < 4.78 is 0. The van der Waals surface area contributed by atoms with E-state index >= 15 is 0 Å². The third-order valence-electron chi connectivity index (χ3n) is 2.68. The van der Waals surface area contributed by atoms with Crippen LogP contribution in [0.25, 0.3) is 0 Å². The monoisotopic (exact) mass is 203 g/mol. The molecule has 0 radical (unpaired) electrons. The molecular weight excluding hydrogens is 190 g/mol. The van der Waals surface area contributed by atoms with Crippen LogP contribution in [-0.4, -0.2) is 27.2 Å². The van der Waals surface area contributed by atoms with Crippen LogP contribution in [0.4, 0.5) is 5.95 Å². The normalized spacial score (nSPS) is 24.8. The molecule has 0 amide bonds. The summed E-state index contributed by atoms with van der Waals surface area (Å²) in [4.78, 5) is 9.80. The first-order valence-electron chi connectivity index (χ1n) is 5.03. The van der Waals surface area contributed by atoms with Gasteiger partial charge in [-0.1, -0.05) is 6.42 Å². The Morgan fingerprint density at radius 2 is 2.13 bits per heavy atom. The molecule has 0 bridgehead atoms. The van der Waals surface area contributed by atoms with Crippen molar-refractivity contribution in [3.8, 4) is 12.5 Å². The molecule has 4 heteroatoms. The van der Waals surface area contributed by atoms with E-state index in [0.29, 0.717) is 5.95 Å². The smallest absolute Gasteiger partial charge is 0.237 e. The van der Waals surface area contributed by atoms with Crippen LogP contribution in [0.15, 0.2) is 18.5 Å². The number of aliphatic hydroxyl groups excluding tert-OH is 1. The van der Waals surface area contributed by atoms with Crippen molar-refractivity contribution in [1.29, 1.82) is 0 Å². The van der Waals surface area contributed by atoms with Crippen LogP contribution in [0.1, 0.15) is 19.3 Å². The minimum Gasteiger partial charge on any atom is -0.391 e. The van der Waals surface area contributed by atoms with E-state index in [1.165, 1.54) is 0 Å². The van der Waals surface area contributed by atoms with Gasteiger partial charge in [0.1, 0.15) is 0 Å². The molecule has 0 saturated heterocycles. The molecular formula is C11H13N3O. The first kappa shape index (κ1) is 9.94. The lowest BCUT2D eigenvalue weighted by Gasteiger charge is -2.24. The molecule has 0 aromatic carbocycles. The Bertz CT molecular complexity index is 360. The lowest BCUT2D eigenvalue weighted by molar-refractivity contribution is 0.164. The fourth-order valence-electron chi connectivity index (χ4n) is 1.94. The first-order chi connectivity index (χ1) is 7.33. The van der Waals surface area contributed by atoms with Gasteiger partial charge in [0.25, 0.3) is 0 Å². The number of nitrogens with zero attached hydrogens (tertiary/aromatic N) is 3. The van der Waals surface area contributed by atoms with Crippen LogP contribution in [-0.2, 0) is 0 Å². The molecule has 1 aliphatic rings. The van der Waals surface area contributed by atoms with Crippen molar-refractivity contribution in [3.05, 3.63) is 18.5 Å². The minimum absolute atomic E-state index is 0.0441. The highest BCUT2D eigenvalue weighted by Gasteiger charge is 2.31. The van der Waals surface area contributed by atoms with E-state index in [4.69, 9.17) is 6.42 Å². The Morgan fingerprint density at radius 1 is 1.40 bits per heavy atom. The molecule has 4 nitrogen and oxygen atoms in total. The third kappa shape index (κ3) is 1.92. The Labute approximate surface area is 89.0 Å². The lowest BCUT2D eigenvalue weighted by Crippen LogP contribution is -2.38. The first-order valence-corrected chi connectivity index (χ1v) is 5.03. The highest BCUT2D eigenvalue weighted by Crippen LogP contribution is 2.25. The molecule has 78 valence electrons. The van der Waals surface area contributed by atoms with Crippen LogP contribution >= 0.6 is 0 Å². The van der Waals surface area contributed by atoms with E-state index in [2.05, 4.69) is 16.0 Å². The highest BCUT2D eigenvalue weighted by molar-refractivity contribution is 5.40. The fraction of sp³-hybridized carbons (Fsp3) is 0.455. The summed E-state index contributed by atoms with van der Waals surface area (Å²) in [6.45, 7) is 0. The van der Waals surface area contributed by atoms with Crippen molar-refractivity contribution in [2.45, 2.75) is 31.4 Å². The standard InChI is InChI=1S/C11H13N3O/c1-2-14(9-5-3-6-10(9)15)11-12-7-4-8-13-11/h1,4,7-10,15H,3,5-6H2. The molecule has 1 aromatic rings. The second-order valence-electron chi connectivity index (χ2n) is 3.61. The van der Waals surface area contributed by atoms with Crippen LogP contribution < -0.4 is 4.90 Å². The minimum atomic E-state index is -0.371. The molecule has 2 rings (SSSR count). The van der Waals surface area contributed by atoms with Crippen LogP contribution in [0, 0.1) is 12.5 Å². The predicted octanol–water partition coefficient (Wildman–Crippen LogP) is 0.787. The van der Waals surface area contributed by atoms with E-state index in [0.717, 1.165) is 19.3 Å². The molecule has 2 unspecified atom stereocenters. The van der Waals surface area contributed by atoms with Gasteiger partial charge in [-0.25, -0.2) is 9.97 Å². The lowest BCUT2D eigenvalue weighted by atomic mass is 10.2. The topological polar surface area (TPSA) is 49.2 Å². The molecule has 0 spiro atoms. The van der Waals surface area contributed by atoms with Crippen molar-refractivity contribution in [3.63, 3.8) is 0 Å².